The fourth-order valence-corrected chi connectivity index (χ4v) is 1.15. The van der Waals surface area contributed by atoms with Crippen molar-refractivity contribution in [2.45, 2.75) is 33.0 Å². The Kier molecular flexibility index (Phi) is 3.50. The van der Waals surface area contributed by atoms with Crippen molar-refractivity contribution in [3.8, 4) is 0 Å². The van der Waals surface area contributed by atoms with Crippen molar-refractivity contribution >= 4 is 0 Å². The van der Waals surface area contributed by atoms with Gasteiger partial charge in [-0.1, -0.05) is 13.8 Å². The van der Waals surface area contributed by atoms with Crippen LogP contribution in [0.15, 0.2) is 0 Å². The maximum Gasteiger partial charge on any atom is 0.157 e. The molecule has 3 heteroatoms. The van der Waals surface area contributed by atoms with E-state index < -0.39 is 0 Å². The standard InChI is InChI=1S/C9H18O3/c1-9(2)6-11-8(12-7-9)4-3-5-10/h8,10H,3-7H2,1-2H3. The first-order valence-corrected chi connectivity index (χ1v) is 4.48. The van der Waals surface area contributed by atoms with E-state index in [9.17, 15) is 0 Å². The van der Waals surface area contributed by atoms with Crippen LogP contribution in [0.3, 0.4) is 0 Å². The lowest BCUT2D eigenvalue weighted by Crippen LogP contribution is -2.37. The molecule has 0 aromatic heterocycles. The van der Waals surface area contributed by atoms with Gasteiger partial charge in [0.15, 0.2) is 6.29 Å². The van der Waals surface area contributed by atoms with E-state index in [2.05, 4.69) is 13.8 Å². The lowest BCUT2D eigenvalue weighted by Gasteiger charge is -2.34. The highest BCUT2D eigenvalue weighted by atomic mass is 16.7. The van der Waals surface area contributed by atoms with Gasteiger partial charge < -0.3 is 14.6 Å². The van der Waals surface area contributed by atoms with E-state index in [4.69, 9.17) is 14.6 Å². The summed E-state index contributed by atoms with van der Waals surface area (Å²) in [6.45, 7) is 5.96. The summed E-state index contributed by atoms with van der Waals surface area (Å²) in [7, 11) is 0. The van der Waals surface area contributed by atoms with Crippen LogP contribution in [0.4, 0.5) is 0 Å². The van der Waals surface area contributed by atoms with E-state index in [0.29, 0.717) is 0 Å². The Morgan fingerprint density at radius 3 is 2.42 bits per heavy atom. The van der Waals surface area contributed by atoms with Crippen molar-refractivity contribution in [2.75, 3.05) is 19.8 Å². The molecule has 0 aromatic rings. The average molecular weight is 174 g/mol. The van der Waals surface area contributed by atoms with Gasteiger partial charge in [-0.05, 0) is 6.42 Å². The fourth-order valence-electron chi connectivity index (χ4n) is 1.15. The van der Waals surface area contributed by atoms with Crippen LogP contribution >= 0.6 is 0 Å². The molecule has 1 heterocycles. The first-order valence-electron chi connectivity index (χ1n) is 4.48. The number of ether oxygens (including phenoxy) is 2. The summed E-state index contributed by atoms with van der Waals surface area (Å²) in [5.74, 6) is 0. The predicted molar refractivity (Wildman–Crippen MR) is 45.8 cm³/mol. The molecule has 3 nitrogen and oxygen atoms in total. The van der Waals surface area contributed by atoms with Gasteiger partial charge in [0.25, 0.3) is 0 Å². The minimum atomic E-state index is -0.0924. The van der Waals surface area contributed by atoms with E-state index in [1.54, 1.807) is 0 Å². The van der Waals surface area contributed by atoms with Crippen molar-refractivity contribution in [3.05, 3.63) is 0 Å². The van der Waals surface area contributed by atoms with Gasteiger partial charge in [0.1, 0.15) is 0 Å². The zero-order chi connectivity index (χ0) is 9.03. The van der Waals surface area contributed by atoms with E-state index >= 15 is 0 Å². The van der Waals surface area contributed by atoms with Gasteiger partial charge in [0.05, 0.1) is 13.2 Å². The lowest BCUT2D eigenvalue weighted by atomic mass is 9.95. The molecule has 0 saturated carbocycles. The highest BCUT2D eigenvalue weighted by molar-refractivity contribution is 4.71. The second-order valence-electron chi connectivity index (χ2n) is 4.08. The van der Waals surface area contributed by atoms with Crippen molar-refractivity contribution in [1.82, 2.24) is 0 Å². The van der Waals surface area contributed by atoms with Crippen LogP contribution in [0.5, 0.6) is 0 Å². The maximum absolute atomic E-state index is 8.59. The van der Waals surface area contributed by atoms with Gasteiger partial charge in [0.2, 0.25) is 0 Å². The maximum atomic E-state index is 8.59. The first-order chi connectivity index (χ1) is 5.64. The van der Waals surface area contributed by atoms with Crippen LogP contribution in [-0.2, 0) is 9.47 Å². The molecule has 1 saturated heterocycles. The Balaban J connectivity index is 2.18. The van der Waals surface area contributed by atoms with Crippen LogP contribution in [0.1, 0.15) is 26.7 Å². The molecule has 0 unspecified atom stereocenters. The normalized spacial score (nSPS) is 24.2. The molecular weight excluding hydrogens is 156 g/mol. The monoisotopic (exact) mass is 174 g/mol. The van der Waals surface area contributed by atoms with E-state index in [-0.39, 0.29) is 18.3 Å². The topological polar surface area (TPSA) is 38.7 Å². The first kappa shape index (κ1) is 9.96. The molecular formula is C9H18O3. The molecule has 0 amide bonds. The number of aliphatic hydroxyl groups is 1. The molecule has 1 aliphatic rings. The molecule has 0 aromatic carbocycles. The summed E-state index contributed by atoms with van der Waals surface area (Å²) in [4.78, 5) is 0. The SMILES string of the molecule is CC1(C)COC(CCCO)OC1. The molecule has 1 aliphatic heterocycles. The van der Waals surface area contributed by atoms with Crippen molar-refractivity contribution in [1.29, 1.82) is 0 Å². The molecule has 1 fully saturated rings. The van der Waals surface area contributed by atoms with Crippen LogP contribution in [-0.4, -0.2) is 31.2 Å². The predicted octanol–water partition coefficient (Wildman–Crippen LogP) is 1.16. The fraction of sp³-hybridized carbons (Fsp3) is 1.00. The highest BCUT2D eigenvalue weighted by Crippen LogP contribution is 2.24. The summed E-state index contributed by atoms with van der Waals surface area (Å²) >= 11 is 0. The molecule has 0 atom stereocenters. The number of hydrogen-bond donors (Lipinski definition) is 1. The van der Waals surface area contributed by atoms with Crippen molar-refractivity contribution < 1.29 is 14.6 Å². The van der Waals surface area contributed by atoms with Gasteiger partial charge in [-0.25, -0.2) is 0 Å². The second kappa shape index (κ2) is 4.21. The van der Waals surface area contributed by atoms with E-state index in [1.807, 2.05) is 0 Å². The third-order valence-corrected chi connectivity index (χ3v) is 1.92. The van der Waals surface area contributed by atoms with Crippen LogP contribution < -0.4 is 0 Å². The Hall–Kier alpha value is -0.120. The third kappa shape index (κ3) is 3.09. The molecule has 0 radical (unpaired) electrons. The Morgan fingerprint density at radius 2 is 1.92 bits per heavy atom. The van der Waals surface area contributed by atoms with E-state index in [0.717, 1.165) is 26.1 Å². The minimum Gasteiger partial charge on any atom is -0.396 e. The Labute approximate surface area is 73.7 Å². The minimum absolute atomic E-state index is 0.0924. The summed E-state index contributed by atoms with van der Waals surface area (Å²) in [5.41, 5.74) is 0.149. The smallest absolute Gasteiger partial charge is 0.157 e. The highest BCUT2D eigenvalue weighted by Gasteiger charge is 2.27. The van der Waals surface area contributed by atoms with Crippen LogP contribution in [0.25, 0.3) is 0 Å². The number of rotatable bonds is 3. The summed E-state index contributed by atoms with van der Waals surface area (Å²) in [6.07, 6.45) is 1.46. The molecule has 1 N–H and O–H groups in total. The number of hydrogen-bond acceptors (Lipinski definition) is 3. The quantitative estimate of drug-likeness (QED) is 0.697. The molecule has 0 bridgehead atoms. The molecule has 1 rings (SSSR count). The summed E-state index contributed by atoms with van der Waals surface area (Å²) in [5, 5.41) is 8.59. The van der Waals surface area contributed by atoms with Crippen LogP contribution in [0, 0.1) is 5.41 Å². The third-order valence-electron chi connectivity index (χ3n) is 1.92. The number of aliphatic hydroxyl groups excluding tert-OH is 1. The molecule has 0 spiro atoms. The van der Waals surface area contributed by atoms with Gasteiger partial charge in [0, 0.05) is 18.4 Å². The molecule has 12 heavy (non-hydrogen) atoms. The Bertz CT molecular complexity index is 124. The van der Waals surface area contributed by atoms with Crippen molar-refractivity contribution in [2.24, 2.45) is 5.41 Å². The molecule has 0 aliphatic carbocycles. The van der Waals surface area contributed by atoms with Gasteiger partial charge in [-0.3, -0.25) is 0 Å². The van der Waals surface area contributed by atoms with Gasteiger partial charge in [-0.2, -0.15) is 0 Å². The zero-order valence-corrected chi connectivity index (χ0v) is 7.88. The van der Waals surface area contributed by atoms with Gasteiger partial charge >= 0.3 is 0 Å². The molecule has 72 valence electrons. The van der Waals surface area contributed by atoms with Gasteiger partial charge in [-0.15, -0.1) is 0 Å². The second-order valence-corrected chi connectivity index (χ2v) is 4.08. The zero-order valence-electron chi connectivity index (χ0n) is 7.88. The summed E-state index contributed by atoms with van der Waals surface area (Å²) < 4.78 is 10.9. The summed E-state index contributed by atoms with van der Waals surface area (Å²) in [6, 6.07) is 0. The Morgan fingerprint density at radius 1 is 1.33 bits per heavy atom. The average Bonchev–Trinajstić information content (AvgIpc) is 2.03. The van der Waals surface area contributed by atoms with E-state index in [1.165, 1.54) is 0 Å². The van der Waals surface area contributed by atoms with Crippen LogP contribution in [0.2, 0.25) is 0 Å². The van der Waals surface area contributed by atoms with Crippen molar-refractivity contribution in [3.63, 3.8) is 0 Å². The largest absolute Gasteiger partial charge is 0.396 e. The lowest BCUT2D eigenvalue weighted by molar-refractivity contribution is -0.224.